The molecule has 0 aliphatic carbocycles. The van der Waals surface area contributed by atoms with Crippen LogP contribution < -0.4 is 10.6 Å². The van der Waals surface area contributed by atoms with Gasteiger partial charge in [-0.05, 0) is 6.42 Å². The van der Waals surface area contributed by atoms with E-state index in [1.165, 1.54) is 0 Å². The second kappa shape index (κ2) is 7.06. The fourth-order valence-corrected chi connectivity index (χ4v) is 5.51. The zero-order valence-corrected chi connectivity index (χ0v) is 15.5. The molecule has 0 aromatic rings. The van der Waals surface area contributed by atoms with E-state index in [-0.39, 0.29) is 33.8 Å². The first-order chi connectivity index (χ1) is 11.6. The summed E-state index contributed by atoms with van der Waals surface area (Å²) in [5.74, 6) is -1.92. The number of nitriles is 2. The maximum atomic E-state index is 12.0. The standard InChI is InChI=1S/C15H18N4O4S2/c1-15(2)10(5-16)13(21)19-14(11(15)6-17)24-7-12(20)18-9-3-4-25(22,23)8-9/h9-10H,3-4,7-8H2,1-2H3,(H,18,20)(H,19,21)/t9-,10-/m1/s1. The van der Waals surface area contributed by atoms with Gasteiger partial charge in [-0.25, -0.2) is 8.42 Å². The van der Waals surface area contributed by atoms with Crippen molar-refractivity contribution in [3.05, 3.63) is 10.6 Å². The van der Waals surface area contributed by atoms with Crippen molar-refractivity contribution in [2.45, 2.75) is 26.3 Å². The number of carbonyl (C=O) groups is 2. The highest BCUT2D eigenvalue weighted by Crippen LogP contribution is 2.41. The maximum absolute atomic E-state index is 12.0. The van der Waals surface area contributed by atoms with E-state index in [2.05, 4.69) is 10.6 Å². The van der Waals surface area contributed by atoms with Gasteiger partial charge in [-0.3, -0.25) is 9.59 Å². The molecule has 2 rings (SSSR count). The van der Waals surface area contributed by atoms with Crippen molar-refractivity contribution in [3.8, 4) is 12.1 Å². The molecule has 0 unspecified atom stereocenters. The summed E-state index contributed by atoms with van der Waals surface area (Å²) in [4.78, 5) is 24.1. The molecule has 134 valence electrons. The van der Waals surface area contributed by atoms with Gasteiger partial charge in [-0.15, -0.1) is 0 Å². The third-order valence-corrected chi connectivity index (χ3v) is 7.05. The lowest BCUT2D eigenvalue weighted by Gasteiger charge is -2.34. The van der Waals surface area contributed by atoms with Gasteiger partial charge in [0.2, 0.25) is 11.8 Å². The Hall–Kier alpha value is -2.04. The van der Waals surface area contributed by atoms with Crippen LogP contribution in [0.2, 0.25) is 0 Å². The molecular weight excluding hydrogens is 364 g/mol. The Balaban J connectivity index is 2.05. The van der Waals surface area contributed by atoms with E-state index in [1.807, 2.05) is 12.1 Å². The highest BCUT2D eigenvalue weighted by atomic mass is 32.2. The van der Waals surface area contributed by atoms with Crippen LogP contribution in [0.25, 0.3) is 0 Å². The highest BCUT2D eigenvalue weighted by molar-refractivity contribution is 8.03. The Bertz CT molecular complexity index is 817. The van der Waals surface area contributed by atoms with Crippen molar-refractivity contribution in [1.29, 1.82) is 10.5 Å². The minimum atomic E-state index is -3.08. The molecule has 1 saturated heterocycles. The molecule has 1 fully saturated rings. The Morgan fingerprint density at radius 2 is 2.12 bits per heavy atom. The lowest BCUT2D eigenvalue weighted by atomic mass is 9.72. The van der Waals surface area contributed by atoms with Crippen LogP contribution in [0.15, 0.2) is 10.6 Å². The van der Waals surface area contributed by atoms with Crippen LogP contribution in [0.5, 0.6) is 0 Å². The van der Waals surface area contributed by atoms with Crippen LogP contribution in [0.3, 0.4) is 0 Å². The molecule has 0 spiro atoms. The molecule has 0 aromatic carbocycles. The zero-order valence-electron chi connectivity index (χ0n) is 13.8. The molecule has 2 amide bonds. The van der Waals surface area contributed by atoms with E-state index >= 15 is 0 Å². The molecule has 25 heavy (non-hydrogen) atoms. The van der Waals surface area contributed by atoms with E-state index in [4.69, 9.17) is 5.26 Å². The quantitative estimate of drug-likeness (QED) is 0.700. The lowest BCUT2D eigenvalue weighted by molar-refractivity contribution is -0.125. The summed E-state index contributed by atoms with van der Waals surface area (Å²) in [6.07, 6.45) is 0.387. The summed E-state index contributed by atoms with van der Waals surface area (Å²) in [5, 5.41) is 24.0. The number of hydrogen-bond acceptors (Lipinski definition) is 7. The number of rotatable bonds is 4. The van der Waals surface area contributed by atoms with Gasteiger partial charge in [0.15, 0.2) is 9.84 Å². The molecule has 0 bridgehead atoms. The topological polar surface area (TPSA) is 140 Å². The molecule has 0 aromatic heterocycles. The summed E-state index contributed by atoms with van der Waals surface area (Å²) in [6, 6.07) is 3.53. The Morgan fingerprint density at radius 3 is 2.64 bits per heavy atom. The Labute approximate surface area is 150 Å². The van der Waals surface area contributed by atoms with Crippen molar-refractivity contribution in [2.75, 3.05) is 17.3 Å². The van der Waals surface area contributed by atoms with Gasteiger partial charge >= 0.3 is 0 Å². The second-order valence-electron chi connectivity index (χ2n) is 6.55. The fraction of sp³-hybridized carbons (Fsp3) is 0.600. The largest absolute Gasteiger partial charge is 0.352 e. The molecule has 2 atom stereocenters. The third kappa shape index (κ3) is 4.14. The summed E-state index contributed by atoms with van der Waals surface area (Å²) in [6.45, 7) is 3.28. The van der Waals surface area contributed by atoms with E-state index in [1.54, 1.807) is 13.8 Å². The second-order valence-corrected chi connectivity index (χ2v) is 9.76. The van der Waals surface area contributed by atoms with Crippen LogP contribution >= 0.6 is 11.8 Å². The summed E-state index contributed by atoms with van der Waals surface area (Å²) < 4.78 is 22.8. The predicted molar refractivity (Wildman–Crippen MR) is 91.3 cm³/mol. The minimum Gasteiger partial charge on any atom is -0.352 e. The number of hydrogen-bond donors (Lipinski definition) is 2. The molecule has 8 nitrogen and oxygen atoms in total. The van der Waals surface area contributed by atoms with Crippen molar-refractivity contribution < 1.29 is 18.0 Å². The Kier molecular flexibility index (Phi) is 5.45. The highest BCUT2D eigenvalue weighted by Gasteiger charge is 2.44. The number of nitrogens with one attached hydrogen (secondary N) is 2. The average Bonchev–Trinajstić information content (AvgIpc) is 2.83. The van der Waals surface area contributed by atoms with Gasteiger partial charge in [0.1, 0.15) is 5.92 Å². The molecule has 0 saturated carbocycles. The number of sulfone groups is 1. The van der Waals surface area contributed by atoms with Crippen LogP contribution in [-0.4, -0.2) is 43.5 Å². The molecular formula is C15H18N4O4S2. The predicted octanol–water partition coefficient (Wildman–Crippen LogP) is 0.0539. The maximum Gasteiger partial charge on any atom is 0.243 e. The van der Waals surface area contributed by atoms with E-state index in [0.717, 1.165) is 11.8 Å². The zero-order chi connectivity index (χ0) is 18.8. The fourth-order valence-electron chi connectivity index (χ4n) is 2.85. The van der Waals surface area contributed by atoms with E-state index in [0.29, 0.717) is 6.42 Å². The summed E-state index contributed by atoms with van der Waals surface area (Å²) in [5.41, 5.74) is -0.704. The first-order valence-corrected chi connectivity index (χ1v) is 10.4. The van der Waals surface area contributed by atoms with Crippen molar-refractivity contribution >= 4 is 33.4 Å². The van der Waals surface area contributed by atoms with E-state index in [9.17, 15) is 23.3 Å². The smallest absolute Gasteiger partial charge is 0.243 e. The van der Waals surface area contributed by atoms with Gasteiger partial charge < -0.3 is 10.6 Å². The number of thioether (sulfide) groups is 1. The monoisotopic (exact) mass is 382 g/mol. The van der Waals surface area contributed by atoms with Crippen LogP contribution in [-0.2, 0) is 19.4 Å². The molecule has 2 heterocycles. The average molecular weight is 382 g/mol. The minimum absolute atomic E-state index is 0.0641. The molecule has 2 aliphatic rings. The van der Waals surface area contributed by atoms with E-state index < -0.39 is 33.1 Å². The number of carbonyl (C=O) groups excluding carboxylic acids is 2. The van der Waals surface area contributed by atoms with Crippen molar-refractivity contribution in [3.63, 3.8) is 0 Å². The SMILES string of the molecule is CC1(C)C(C#N)=C(SCC(=O)N[C@@H]2CCS(=O)(=O)C2)NC(=O)[C@H]1C#N. The van der Waals surface area contributed by atoms with Gasteiger partial charge in [0, 0.05) is 11.5 Å². The van der Waals surface area contributed by atoms with Crippen LogP contribution in [0.4, 0.5) is 0 Å². The Morgan fingerprint density at radius 1 is 1.44 bits per heavy atom. The van der Waals surface area contributed by atoms with Crippen molar-refractivity contribution in [2.24, 2.45) is 11.3 Å². The number of nitrogens with zero attached hydrogens (tertiary/aromatic N) is 2. The first-order valence-electron chi connectivity index (χ1n) is 7.58. The van der Waals surface area contributed by atoms with Crippen LogP contribution in [0.1, 0.15) is 20.3 Å². The van der Waals surface area contributed by atoms with Crippen molar-refractivity contribution in [1.82, 2.24) is 10.6 Å². The number of allylic oxidation sites excluding steroid dienone is 1. The number of amides is 2. The molecule has 10 heteroatoms. The van der Waals surface area contributed by atoms with Crippen LogP contribution in [0, 0.1) is 34.0 Å². The molecule has 0 radical (unpaired) electrons. The summed E-state index contributed by atoms with van der Waals surface area (Å²) in [7, 11) is -3.08. The first kappa shape index (κ1) is 19.3. The van der Waals surface area contributed by atoms with Gasteiger partial charge in [-0.2, -0.15) is 10.5 Å². The molecule has 2 aliphatic heterocycles. The third-order valence-electron chi connectivity index (χ3n) is 4.28. The molecule has 2 N–H and O–H groups in total. The van der Waals surface area contributed by atoms with Gasteiger partial charge in [0.25, 0.3) is 0 Å². The van der Waals surface area contributed by atoms with Gasteiger partial charge in [-0.1, -0.05) is 25.6 Å². The normalized spacial score (nSPS) is 27.1. The lowest BCUT2D eigenvalue weighted by Crippen LogP contribution is -2.45. The summed E-state index contributed by atoms with van der Waals surface area (Å²) >= 11 is 0.994. The van der Waals surface area contributed by atoms with Gasteiger partial charge in [0.05, 0.1) is 40.0 Å².